The number of rotatable bonds is 4. The zero-order valence-corrected chi connectivity index (χ0v) is 13.5. The van der Waals surface area contributed by atoms with Gasteiger partial charge in [-0.05, 0) is 30.3 Å². The zero-order chi connectivity index (χ0) is 17.2. The molecule has 1 aromatic carbocycles. The standard InChI is InChI=1S/C17H15N5O3/c1-24-13-5-3-11(4-6-13)17(23)22-9-12(10-22)16-20-15(21-25-16)14-18-7-2-8-19-14/h2-8,12H,9-10H2,1H3. The summed E-state index contributed by atoms with van der Waals surface area (Å²) in [5.74, 6) is 2.01. The van der Waals surface area contributed by atoms with Gasteiger partial charge in [0.15, 0.2) is 0 Å². The van der Waals surface area contributed by atoms with E-state index in [1.807, 2.05) is 0 Å². The molecule has 0 N–H and O–H groups in total. The molecule has 0 aliphatic carbocycles. The van der Waals surface area contributed by atoms with Crippen LogP contribution in [-0.2, 0) is 0 Å². The van der Waals surface area contributed by atoms with E-state index in [4.69, 9.17) is 9.26 Å². The maximum Gasteiger partial charge on any atom is 0.253 e. The number of carbonyl (C=O) groups excluding carboxylic acids is 1. The molecule has 0 unspecified atom stereocenters. The summed E-state index contributed by atoms with van der Waals surface area (Å²) in [5, 5.41) is 3.91. The SMILES string of the molecule is COc1ccc(C(=O)N2CC(c3nc(-c4ncccn4)no3)C2)cc1. The Hall–Kier alpha value is -3.29. The first-order chi connectivity index (χ1) is 12.2. The van der Waals surface area contributed by atoms with Crippen molar-refractivity contribution in [2.75, 3.05) is 20.2 Å². The Morgan fingerprint density at radius 3 is 2.56 bits per heavy atom. The summed E-state index contributed by atoms with van der Waals surface area (Å²) < 4.78 is 10.4. The fourth-order valence-corrected chi connectivity index (χ4v) is 2.62. The van der Waals surface area contributed by atoms with Gasteiger partial charge in [-0.2, -0.15) is 4.98 Å². The third-order valence-corrected chi connectivity index (χ3v) is 4.06. The van der Waals surface area contributed by atoms with Crippen molar-refractivity contribution in [3.05, 3.63) is 54.2 Å². The highest BCUT2D eigenvalue weighted by Gasteiger charge is 2.36. The van der Waals surface area contributed by atoms with E-state index >= 15 is 0 Å². The third-order valence-electron chi connectivity index (χ3n) is 4.06. The van der Waals surface area contributed by atoms with E-state index in [9.17, 15) is 4.79 Å². The lowest BCUT2D eigenvalue weighted by Gasteiger charge is -2.37. The summed E-state index contributed by atoms with van der Waals surface area (Å²) in [7, 11) is 1.59. The zero-order valence-electron chi connectivity index (χ0n) is 13.5. The number of hydrogen-bond donors (Lipinski definition) is 0. The van der Waals surface area contributed by atoms with Gasteiger partial charge in [-0.25, -0.2) is 9.97 Å². The fourth-order valence-electron chi connectivity index (χ4n) is 2.62. The van der Waals surface area contributed by atoms with E-state index in [2.05, 4.69) is 20.1 Å². The largest absolute Gasteiger partial charge is 0.497 e. The second-order valence-corrected chi connectivity index (χ2v) is 5.66. The van der Waals surface area contributed by atoms with Crippen LogP contribution in [0, 0.1) is 0 Å². The van der Waals surface area contributed by atoms with Gasteiger partial charge in [-0.3, -0.25) is 4.79 Å². The summed E-state index contributed by atoms with van der Waals surface area (Å²) in [6, 6.07) is 8.78. The molecule has 2 aromatic heterocycles. The van der Waals surface area contributed by atoms with Crippen LogP contribution in [0.1, 0.15) is 22.2 Å². The minimum Gasteiger partial charge on any atom is -0.497 e. The Morgan fingerprint density at radius 1 is 1.16 bits per heavy atom. The van der Waals surface area contributed by atoms with Crippen LogP contribution < -0.4 is 4.74 Å². The number of amides is 1. The molecule has 8 heteroatoms. The van der Waals surface area contributed by atoms with E-state index in [0.717, 1.165) is 5.75 Å². The molecule has 0 bridgehead atoms. The van der Waals surface area contributed by atoms with Crippen molar-refractivity contribution in [2.45, 2.75) is 5.92 Å². The fraction of sp³-hybridized carbons (Fsp3) is 0.235. The Labute approximate surface area is 143 Å². The quantitative estimate of drug-likeness (QED) is 0.716. The highest BCUT2D eigenvalue weighted by molar-refractivity contribution is 5.95. The summed E-state index contributed by atoms with van der Waals surface area (Å²) >= 11 is 0. The van der Waals surface area contributed by atoms with E-state index < -0.39 is 0 Å². The van der Waals surface area contributed by atoms with Crippen molar-refractivity contribution in [2.24, 2.45) is 0 Å². The van der Waals surface area contributed by atoms with Crippen LogP contribution in [0.2, 0.25) is 0 Å². The monoisotopic (exact) mass is 337 g/mol. The number of likely N-dealkylation sites (tertiary alicyclic amines) is 1. The Kier molecular flexibility index (Phi) is 3.85. The summed E-state index contributed by atoms with van der Waals surface area (Å²) in [4.78, 5) is 26.7. The minimum absolute atomic E-state index is 0.0231. The van der Waals surface area contributed by atoms with Gasteiger partial charge in [0, 0.05) is 31.0 Å². The molecule has 1 saturated heterocycles. The topological polar surface area (TPSA) is 94.2 Å². The van der Waals surface area contributed by atoms with Gasteiger partial charge in [0.25, 0.3) is 5.91 Å². The first-order valence-corrected chi connectivity index (χ1v) is 7.79. The highest BCUT2D eigenvalue weighted by Crippen LogP contribution is 2.28. The average molecular weight is 337 g/mol. The van der Waals surface area contributed by atoms with Gasteiger partial charge >= 0.3 is 0 Å². The van der Waals surface area contributed by atoms with Gasteiger partial charge in [0.1, 0.15) is 5.75 Å². The van der Waals surface area contributed by atoms with Crippen LogP contribution in [0.4, 0.5) is 0 Å². The van der Waals surface area contributed by atoms with Crippen molar-refractivity contribution in [3.8, 4) is 17.4 Å². The van der Waals surface area contributed by atoms with Gasteiger partial charge in [0.2, 0.25) is 17.5 Å². The van der Waals surface area contributed by atoms with Gasteiger partial charge in [-0.1, -0.05) is 5.16 Å². The normalized spacial score (nSPS) is 14.2. The van der Waals surface area contributed by atoms with Crippen molar-refractivity contribution >= 4 is 5.91 Å². The number of benzene rings is 1. The lowest BCUT2D eigenvalue weighted by atomic mass is 9.99. The van der Waals surface area contributed by atoms with Crippen molar-refractivity contribution < 1.29 is 14.1 Å². The van der Waals surface area contributed by atoms with Crippen molar-refractivity contribution in [1.29, 1.82) is 0 Å². The maximum absolute atomic E-state index is 12.4. The predicted octanol–water partition coefficient (Wildman–Crippen LogP) is 1.77. The molecule has 126 valence electrons. The number of aromatic nitrogens is 4. The molecule has 1 fully saturated rings. The molecule has 0 atom stereocenters. The maximum atomic E-state index is 12.4. The summed E-state index contributed by atoms with van der Waals surface area (Å²) in [6.07, 6.45) is 3.24. The average Bonchev–Trinajstić information content (AvgIpc) is 3.11. The molecule has 3 aromatic rings. The molecular formula is C17H15N5O3. The first-order valence-electron chi connectivity index (χ1n) is 7.79. The molecule has 8 nitrogen and oxygen atoms in total. The van der Waals surface area contributed by atoms with Crippen LogP contribution >= 0.6 is 0 Å². The van der Waals surface area contributed by atoms with Gasteiger partial charge in [-0.15, -0.1) is 0 Å². The molecule has 0 spiro atoms. The summed E-state index contributed by atoms with van der Waals surface area (Å²) in [6.45, 7) is 1.09. The molecule has 0 radical (unpaired) electrons. The Bertz CT molecular complexity index is 873. The van der Waals surface area contributed by atoms with Gasteiger partial charge in [0.05, 0.1) is 13.0 Å². The molecular weight excluding hydrogens is 322 g/mol. The number of methoxy groups -OCH3 is 1. The number of ether oxygens (including phenoxy) is 1. The minimum atomic E-state index is -0.0231. The number of carbonyl (C=O) groups is 1. The Morgan fingerprint density at radius 2 is 1.88 bits per heavy atom. The molecule has 25 heavy (non-hydrogen) atoms. The second-order valence-electron chi connectivity index (χ2n) is 5.66. The smallest absolute Gasteiger partial charge is 0.253 e. The molecule has 1 aliphatic rings. The lowest BCUT2D eigenvalue weighted by Crippen LogP contribution is -2.48. The van der Waals surface area contributed by atoms with Crippen LogP contribution in [0.25, 0.3) is 11.6 Å². The molecule has 1 amide bonds. The van der Waals surface area contributed by atoms with E-state index in [1.165, 1.54) is 0 Å². The van der Waals surface area contributed by atoms with Gasteiger partial charge < -0.3 is 14.2 Å². The van der Waals surface area contributed by atoms with E-state index in [-0.39, 0.29) is 11.8 Å². The first kappa shape index (κ1) is 15.3. The third kappa shape index (κ3) is 2.93. The summed E-state index contributed by atoms with van der Waals surface area (Å²) in [5.41, 5.74) is 0.628. The number of hydrogen-bond acceptors (Lipinski definition) is 7. The van der Waals surface area contributed by atoms with Crippen molar-refractivity contribution in [3.63, 3.8) is 0 Å². The van der Waals surface area contributed by atoms with Crippen LogP contribution in [0.5, 0.6) is 5.75 Å². The lowest BCUT2D eigenvalue weighted by molar-refractivity contribution is 0.0569. The van der Waals surface area contributed by atoms with Crippen LogP contribution in [-0.4, -0.2) is 51.1 Å². The highest BCUT2D eigenvalue weighted by atomic mass is 16.5. The molecule has 0 saturated carbocycles. The van der Waals surface area contributed by atoms with E-state index in [1.54, 1.807) is 54.7 Å². The van der Waals surface area contributed by atoms with Crippen LogP contribution in [0.3, 0.4) is 0 Å². The molecule has 4 rings (SSSR count). The number of nitrogens with zero attached hydrogens (tertiary/aromatic N) is 5. The molecule has 1 aliphatic heterocycles. The second kappa shape index (κ2) is 6.31. The molecule has 3 heterocycles. The van der Waals surface area contributed by atoms with Crippen molar-refractivity contribution in [1.82, 2.24) is 25.0 Å². The van der Waals surface area contributed by atoms with Crippen LogP contribution in [0.15, 0.2) is 47.2 Å². The van der Waals surface area contributed by atoms with E-state index in [0.29, 0.717) is 36.2 Å². The predicted molar refractivity (Wildman–Crippen MR) is 87.0 cm³/mol. The Balaban J connectivity index is 1.40.